The molecule has 0 amide bonds. The molecule has 1 N–H and O–H groups in total. The number of aryl methyl sites for hydroxylation is 1. The van der Waals surface area contributed by atoms with E-state index in [1.807, 2.05) is 12.1 Å². The first-order valence-corrected chi connectivity index (χ1v) is 8.73. The highest BCUT2D eigenvalue weighted by Gasteiger charge is 1.98. The fourth-order valence-corrected chi connectivity index (χ4v) is 2.30. The predicted molar refractivity (Wildman–Crippen MR) is 99.4 cm³/mol. The minimum absolute atomic E-state index is 0.317. The van der Waals surface area contributed by atoms with Crippen LogP contribution >= 0.6 is 0 Å². The molecule has 0 radical (unpaired) electrons. The van der Waals surface area contributed by atoms with Crippen LogP contribution in [0.5, 0.6) is 5.75 Å². The van der Waals surface area contributed by atoms with Crippen molar-refractivity contribution >= 4 is 0 Å². The molecule has 0 unspecified atom stereocenters. The molecule has 0 saturated heterocycles. The molecular weight excluding hydrogens is 298 g/mol. The van der Waals surface area contributed by atoms with Gasteiger partial charge in [-0.1, -0.05) is 42.0 Å². The maximum atomic E-state index is 5.83. The molecule has 0 atom stereocenters. The molecule has 0 aliphatic heterocycles. The topological polar surface area (TPSA) is 30.5 Å². The summed E-state index contributed by atoms with van der Waals surface area (Å²) in [5.74, 6) is 0.907. The van der Waals surface area contributed by atoms with Gasteiger partial charge in [-0.15, -0.1) is 0 Å². The second-order valence-corrected chi connectivity index (χ2v) is 6.37. The maximum Gasteiger partial charge on any atom is 0.119 e. The van der Waals surface area contributed by atoms with Crippen molar-refractivity contribution in [1.29, 1.82) is 0 Å². The van der Waals surface area contributed by atoms with Gasteiger partial charge < -0.3 is 14.8 Å². The van der Waals surface area contributed by atoms with Crippen molar-refractivity contribution < 1.29 is 9.47 Å². The lowest BCUT2D eigenvalue weighted by molar-refractivity contribution is 0.0770. The second kappa shape index (κ2) is 10.1. The van der Waals surface area contributed by atoms with Gasteiger partial charge in [0, 0.05) is 13.2 Å². The van der Waals surface area contributed by atoms with Crippen molar-refractivity contribution in [3.05, 3.63) is 65.2 Å². The zero-order chi connectivity index (χ0) is 17.2. The molecular formula is C21H29NO2. The van der Waals surface area contributed by atoms with Crippen LogP contribution in [0.4, 0.5) is 0 Å². The lowest BCUT2D eigenvalue weighted by Crippen LogP contribution is -2.17. The Bertz CT molecular complexity index is 576. The summed E-state index contributed by atoms with van der Waals surface area (Å²) in [5, 5.41) is 3.44. The van der Waals surface area contributed by atoms with Gasteiger partial charge in [0.05, 0.1) is 6.10 Å². The van der Waals surface area contributed by atoms with E-state index in [0.29, 0.717) is 12.7 Å². The minimum Gasteiger partial charge on any atom is -0.489 e. The van der Waals surface area contributed by atoms with E-state index in [1.54, 1.807) is 0 Å². The normalized spacial score (nSPS) is 11.0. The Hall–Kier alpha value is -1.84. The zero-order valence-corrected chi connectivity index (χ0v) is 15.0. The molecule has 0 aliphatic carbocycles. The Morgan fingerprint density at radius 1 is 0.917 bits per heavy atom. The van der Waals surface area contributed by atoms with Crippen LogP contribution in [-0.4, -0.2) is 19.3 Å². The molecule has 0 saturated carbocycles. The van der Waals surface area contributed by atoms with E-state index in [9.17, 15) is 0 Å². The van der Waals surface area contributed by atoms with Crippen LogP contribution in [0.2, 0.25) is 0 Å². The number of rotatable bonds is 10. The molecule has 0 aliphatic rings. The number of ether oxygens (including phenoxy) is 2. The number of hydrogen-bond acceptors (Lipinski definition) is 3. The van der Waals surface area contributed by atoms with Crippen LogP contribution in [0, 0.1) is 6.92 Å². The van der Waals surface area contributed by atoms with E-state index in [-0.39, 0.29) is 0 Å². The van der Waals surface area contributed by atoms with E-state index in [1.165, 1.54) is 16.7 Å². The van der Waals surface area contributed by atoms with E-state index >= 15 is 0 Å². The van der Waals surface area contributed by atoms with Gasteiger partial charge in [0.15, 0.2) is 0 Å². The van der Waals surface area contributed by atoms with Crippen LogP contribution < -0.4 is 10.1 Å². The van der Waals surface area contributed by atoms with Gasteiger partial charge in [-0.25, -0.2) is 0 Å². The van der Waals surface area contributed by atoms with Crippen LogP contribution in [0.3, 0.4) is 0 Å². The second-order valence-electron chi connectivity index (χ2n) is 6.37. The van der Waals surface area contributed by atoms with E-state index in [2.05, 4.69) is 62.5 Å². The SMILES string of the molecule is Cc1ccc(COc2ccc(CNCCCOC(C)C)cc2)cc1. The van der Waals surface area contributed by atoms with Crippen LogP contribution in [-0.2, 0) is 17.9 Å². The predicted octanol–water partition coefficient (Wildman–Crippen LogP) is 4.48. The zero-order valence-electron chi connectivity index (χ0n) is 15.0. The first-order chi connectivity index (χ1) is 11.6. The van der Waals surface area contributed by atoms with E-state index in [4.69, 9.17) is 9.47 Å². The first-order valence-electron chi connectivity index (χ1n) is 8.73. The standard InChI is InChI=1S/C21H29NO2/c1-17(2)23-14-4-13-22-15-19-9-11-21(12-10-19)24-16-20-7-5-18(3)6-8-20/h5-12,17,22H,4,13-16H2,1-3H3. The highest BCUT2D eigenvalue weighted by atomic mass is 16.5. The fraction of sp³-hybridized carbons (Fsp3) is 0.429. The largest absolute Gasteiger partial charge is 0.489 e. The van der Waals surface area contributed by atoms with Gasteiger partial charge in [0.25, 0.3) is 0 Å². The summed E-state index contributed by atoms with van der Waals surface area (Å²) in [4.78, 5) is 0. The minimum atomic E-state index is 0.317. The highest BCUT2D eigenvalue weighted by Crippen LogP contribution is 2.14. The summed E-state index contributed by atoms with van der Waals surface area (Å²) in [6, 6.07) is 16.7. The number of benzene rings is 2. The number of nitrogens with one attached hydrogen (secondary N) is 1. The smallest absolute Gasteiger partial charge is 0.119 e. The lowest BCUT2D eigenvalue weighted by Gasteiger charge is -2.09. The molecule has 0 aromatic heterocycles. The molecule has 0 heterocycles. The van der Waals surface area contributed by atoms with Gasteiger partial charge in [-0.3, -0.25) is 0 Å². The Morgan fingerprint density at radius 2 is 1.58 bits per heavy atom. The third-order valence-electron chi connectivity index (χ3n) is 3.73. The lowest BCUT2D eigenvalue weighted by atomic mass is 10.2. The fourth-order valence-electron chi connectivity index (χ4n) is 2.30. The summed E-state index contributed by atoms with van der Waals surface area (Å²) in [5.41, 5.74) is 3.73. The van der Waals surface area contributed by atoms with Crippen molar-refractivity contribution in [3.8, 4) is 5.75 Å². The van der Waals surface area contributed by atoms with Crippen molar-refractivity contribution in [3.63, 3.8) is 0 Å². The highest BCUT2D eigenvalue weighted by molar-refractivity contribution is 5.28. The molecule has 3 nitrogen and oxygen atoms in total. The summed E-state index contributed by atoms with van der Waals surface area (Å²) in [7, 11) is 0. The van der Waals surface area contributed by atoms with Crippen LogP contribution in [0.15, 0.2) is 48.5 Å². The van der Waals surface area contributed by atoms with Gasteiger partial charge in [0.2, 0.25) is 0 Å². The van der Waals surface area contributed by atoms with Crippen LogP contribution in [0.25, 0.3) is 0 Å². The average Bonchev–Trinajstić information content (AvgIpc) is 2.58. The van der Waals surface area contributed by atoms with E-state index in [0.717, 1.165) is 31.9 Å². The van der Waals surface area contributed by atoms with Gasteiger partial charge in [0.1, 0.15) is 12.4 Å². The van der Waals surface area contributed by atoms with Gasteiger partial charge >= 0.3 is 0 Å². The molecule has 2 aromatic rings. The third-order valence-corrected chi connectivity index (χ3v) is 3.73. The van der Waals surface area contributed by atoms with Crippen LogP contribution in [0.1, 0.15) is 37.0 Å². The summed E-state index contributed by atoms with van der Waals surface area (Å²) >= 11 is 0. The molecule has 2 rings (SSSR count). The Kier molecular flexibility index (Phi) is 7.80. The van der Waals surface area contributed by atoms with E-state index < -0.39 is 0 Å². The summed E-state index contributed by atoms with van der Waals surface area (Å²) in [6.07, 6.45) is 1.35. The van der Waals surface area contributed by atoms with Gasteiger partial charge in [-0.2, -0.15) is 0 Å². The average molecular weight is 327 g/mol. The molecule has 0 bridgehead atoms. The Labute approximate surface area is 146 Å². The molecule has 0 spiro atoms. The third kappa shape index (κ3) is 7.16. The van der Waals surface area contributed by atoms with Crippen molar-refractivity contribution in [2.45, 2.75) is 46.4 Å². The summed E-state index contributed by atoms with van der Waals surface area (Å²) < 4.78 is 11.4. The molecule has 24 heavy (non-hydrogen) atoms. The van der Waals surface area contributed by atoms with Crippen molar-refractivity contribution in [1.82, 2.24) is 5.32 Å². The molecule has 3 heteroatoms. The monoisotopic (exact) mass is 327 g/mol. The molecule has 130 valence electrons. The summed E-state index contributed by atoms with van der Waals surface area (Å²) in [6.45, 7) is 9.49. The molecule has 0 fully saturated rings. The number of hydrogen-bond donors (Lipinski definition) is 1. The maximum absolute atomic E-state index is 5.83. The Morgan fingerprint density at radius 3 is 2.25 bits per heavy atom. The van der Waals surface area contributed by atoms with Crippen molar-refractivity contribution in [2.24, 2.45) is 0 Å². The quantitative estimate of drug-likeness (QED) is 0.653. The van der Waals surface area contributed by atoms with Gasteiger partial charge in [-0.05, 0) is 57.0 Å². The first kappa shape index (κ1) is 18.5. The van der Waals surface area contributed by atoms with Crippen molar-refractivity contribution in [2.75, 3.05) is 13.2 Å². The Balaban J connectivity index is 1.66. The molecule has 2 aromatic carbocycles.